The lowest BCUT2D eigenvalue weighted by Gasteiger charge is -2.34. The van der Waals surface area contributed by atoms with E-state index in [9.17, 15) is 0 Å². The molecule has 1 aliphatic rings. The number of piperidine rings is 1. The van der Waals surface area contributed by atoms with E-state index in [1.807, 2.05) is 12.1 Å². The minimum atomic E-state index is 0.525. The Kier molecular flexibility index (Phi) is 5.87. The third-order valence-electron chi connectivity index (χ3n) is 4.12. The predicted octanol–water partition coefficient (Wildman–Crippen LogP) is 3.04. The van der Waals surface area contributed by atoms with Crippen LogP contribution in [-0.4, -0.2) is 45.8 Å². The molecule has 2 aromatic heterocycles. The van der Waals surface area contributed by atoms with Crippen LogP contribution in [0.25, 0.3) is 0 Å². The van der Waals surface area contributed by atoms with Gasteiger partial charge < -0.3 is 9.73 Å². The molecule has 1 fully saturated rings. The number of pyridine rings is 1. The number of thioether (sulfide) groups is 1. The summed E-state index contributed by atoms with van der Waals surface area (Å²) in [5.74, 6) is 1.31. The zero-order valence-electron chi connectivity index (χ0n) is 13.4. The maximum atomic E-state index is 5.68. The highest BCUT2D eigenvalue weighted by molar-refractivity contribution is 7.98. The van der Waals surface area contributed by atoms with Crippen molar-refractivity contribution in [2.45, 2.75) is 42.9 Å². The van der Waals surface area contributed by atoms with Gasteiger partial charge in [0.05, 0.1) is 5.75 Å². The summed E-state index contributed by atoms with van der Waals surface area (Å²) in [6, 6.07) is 5.04. The molecule has 7 heteroatoms. The van der Waals surface area contributed by atoms with Gasteiger partial charge >= 0.3 is 6.01 Å². The molecule has 3 heterocycles. The van der Waals surface area contributed by atoms with Gasteiger partial charge in [0.25, 0.3) is 0 Å². The number of hydrogen-bond acceptors (Lipinski definition) is 7. The molecule has 1 atom stereocenters. The quantitative estimate of drug-likeness (QED) is 0.781. The normalized spacial score (nSPS) is 18.9. The van der Waals surface area contributed by atoms with Crippen LogP contribution < -0.4 is 5.32 Å². The highest BCUT2D eigenvalue weighted by Crippen LogP contribution is 2.22. The molecule has 0 amide bonds. The van der Waals surface area contributed by atoms with E-state index >= 15 is 0 Å². The molecule has 124 valence electrons. The molecule has 0 saturated carbocycles. The first-order valence-electron chi connectivity index (χ1n) is 8.18. The molecule has 0 aromatic carbocycles. The van der Waals surface area contributed by atoms with Crippen molar-refractivity contribution in [2.24, 2.45) is 0 Å². The molecule has 1 N–H and O–H groups in total. The maximum Gasteiger partial charge on any atom is 0.315 e. The first-order chi connectivity index (χ1) is 11.3. The van der Waals surface area contributed by atoms with Crippen molar-refractivity contribution in [1.82, 2.24) is 20.1 Å². The molecule has 0 bridgehead atoms. The van der Waals surface area contributed by atoms with E-state index in [4.69, 9.17) is 4.42 Å². The van der Waals surface area contributed by atoms with Gasteiger partial charge in [-0.2, -0.15) is 0 Å². The van der Waals surface area contributed by atoms with Gasteiger partial charge in [-0.1, -0.05) is 18.4 Å². The van der Waals surface area contributed by atoms with Crippen molar-refractivity contribution >= 4 is 17.8 Å². The average molecular weight is 333 g/mol. The molecule has 0 aliphatic carbocycles. The van der Waals surface area contributed by atoms with Gasteiger partial charge in [0.15, 0.2) is 0 Å². The summed E-state index contributed by atoms with van der Waals surface area (Å²) in [6.45, 7) is 5.39. The number of anilines is 1. The van der Waals surface area contributed by atoms with Gasteiger partial charge in [-0.15, -0.1) is 16.9 Å². The Bertz CT molecular complexity index is 591. The van der Waals surface area contributed by atoms with Crippen molar-refractivity contribution in [3.05, 3.63) is 30.4 Å². The maximum absolute atomic E-state index is 5.68. The Hall–Kier alpha value is -1.60. The summed E-state index contributed by atoms with van der Waals surface area (Å²) in [5.41, 5.74) is 0. The summed E-state index contributed by atoms with van der Waals surface area (Å²) >= 11 is 1.66. The fourth-order valence-corrected chi connectivity index (χ4v) is 3.60. The fraction of sp³-hybridized carbons (Fsp3) is 0.562. The van der Waals surface area contributed by atoms with E-state index in [1.54, 1.807) is 24.2 Å². The Morgan fingerprint density at radius 3 is 3.00 bits per heavy atom. The van der Waals surface area contributed by atoms with E-state index in [2.05, 4.69) is 32.3 Å². The lowest BCUT2D eigenvalue weighted by molar-refractivity contribution is 0.164. The van der Waals surface area contributed by atoms with Gasteiger partial charge in [0.1, 0.15) is 0 Å². The van der Waals surface area contributed by atoms with Crippen LogP contribution in [0.3, 0.4) is 0 Å². The zero-order chi connectivity index (χ0) is 15.9. The van der Waals surface area contributed by atoms with E-state index in [-0.39, 0.29) is 0 Å². The molecular formula is C16H23N5OS. The number of aromatic nitrogens is 3. The molecule has 1 unspecified atom stereocenters. The second-order valence-electron chi connectivity index (χ2n) is 5.63. The van der Waals surface area contributed by atoms with E-state index in [0.29, 0.717) is 23.7 Å². The SMILES string of the molecule is CCN1CCCCC1CNc1nnc(CSc2ccncc2)o1. The minimum absolute atomic E-state index is 0.525. The van der Waals surface area contributed by atoms with Gasteiger partial charge in [-0.05, 0) is 38.1 Å². The second-order valence-corrected chi connectivity index (χ2v) is 6.68. The van der Waals surface area contributed by atoms with Crippen molar-refractivity contribution in [2.75, 3.05) is 25.0 Å². The van der Waals surface area contributed by atoms with Crippen LogP contribution in [0.15, 0.2) is 33.8 Å². The van der Waals surface area contributed by atoms with Crippen molar-refractivity contribution in [3.8, 4) is 0 Å². The summed E-state index contributed by atoms with van der Waals surface area (Å²) in [5, 5.41) is 11.5. The van der Waals surface area contributed by atoms with Crippen molar-refractivity contribution in [1.29, 1.82) is 0 Å². The Labute approximate surface area is 141 Å². The van der Waals surface area contributed by atoms with Crippen LogP contribution in [-0.2, 0) is 5.75 Å². The first-order valence-corrected chi connectivity index (χ1v) is 9.17. The number of likely N-dealkylation sites (tertiary alicyclic amines) is 1. The molecular weight excluding hydrogens is 310 g/mol. The highest BCUT2D eigenvalue weighted by Gasteiger charge is 2.21. The Morgan fingerprint density at radius 1 is 1.30 bits per heavy atom. The molecule has 2 aromatic rings. The monoisotopic (exact) mass is 333 g/mol. The third-order valence-corrected chi connectivity index (χ3v) is 5.12. The smallest absolute Gasteiger partial charge is 0.315 e. The molecule has 6 nitrogen and oxygen atoms in total. The van der Waals surface area contributed by atoms with Crippen LogP contribution in [0.1, 0.15) is 32.1 Å². The summed E-state index contributed by atoms with van der Waals surface area (Å²) in [4.78, 5) is 7.68. The molecule has 1 aliphatic heterocycles. The number of nitrogens with zero attached hydrogens (tertiary/aromatic N) is 4. The fourth-order valence-electron chi connectivity index (χ4n) is 2.88. The summed E-state index contributed by atoms with van der Waals surface area (Å²) < 4.78 is 5.68. The van der Waals surface area contributed by atoms with E-state index < -0.39 is 0 Å². The zero-order valence-corrected chi connectivity index (χ0v) is 14.3. The lowest BCUT2D eigenvalue weighted by Crippen LogP contribution is -2.43. The predicted molar refractivity (Wildman–Crippen MR) is 91.5 cm³/mol. The number of nitrogens with one attached hydrogen (secondary N) is 1. The molecule has 0 radical (unpaired) electrons. The van der Waals surface area contributed by atoms with Gasteiger partial charge in [-0.25, -0.2) is 0 Å². The highest BCUT2D eigenvalue weighted by atomic mass is 32.2. The van der Waals surface area contributed by atoms with Crippen LogP contribution in [0, 0.1) is 0 Å². The average Bonchev–Trinajstić information content (AvgIpc) is 3.07. The summed E-state index contributed by atoms with van der Waals surface area (Å²) in [6.07, 6.45) is 7.42. The third kappa shape index (κ3) is 4.68. The van der Waals surface area contributed by atoms with E-state index in [0.717, 1.165) is 18.0 Å². The van der Waals surface area contributed by atoms with Gasteiger partial charge in [0, 0.05) is 29.9 Å². The van der Waals surface area contributed by atoms with Gasteiger partial charge in [-0.3, -0.25) is 9.88 Å². The topological polar surface area (TPSA) is 67.1 Å². The largest absolute Gasteiger partial charge is 0.407 e. The van der Waals surface area contributed by atoms with Crippen LogP contribution >= 0.6 is 11.8 Å². The Morgan fingerprint density at radius 2 is 2.17 bits per heavy atom. The van der Waals surface area contributed by atoms with Crippen LogP contribution in [0.4, 0.5) is 6.01 Å². The van der Waals surface area contributed by atoms with Gasteiger partial charge in [0.2, 0.25) is 5.89 Å². The van der Waals surface area contributed by atoms with Crippen molar-refractivity contribution < 1.29 is 4.42 Å². The minimum Gasteiger partial charge on any atom is -0.407 e. The first kappa shape index (κ1) is 16.3. The second kappa shape index (κ2) is 8.31. The molecule has 0 spiro atoms. The lowest BCUT2D eigenvalue weighted by atomic mass is 10.0. The number of likely N-dealkylation sites (N-methyl/N-ethyl adjacent to an activating group) is 1. The molecule has 1 saturated heterocycles. The van der Waals surface area contributed by atoms with Crippen LogP contribution in [0.5, 0.6) is 0 Å². The van der Waals surface area contributed by atoms with Crippen molar-refractivity contribution in [3.63, 3.8) is 0 Å². The van der Waals surface area contributed by atoms with Crippen LogP contribution in [0.2, 0.25) is 0 Å². The standard InChI is InChI=1S/C16H23N5OS/c1-2-21-10-4-3-5-13(21)11-18-16-20-19-15(22-16)12-23-14-6-8-17-9-7-14/h6-9,13H,2-5,10-12H2,1H3,(H,18,20). The molecule has 3 rings (SSSR count). The molecule has 23 heavy (non-hydrogen) atoms. The Balaban J connectivity index is 1.47. The number of rotatable bonds is 7. The summed E-state index contributed by atoms with van der Waals surface area (Å²) in [7, 11) is 0. The van der Waals surface area contributed by atoms with E-state index in [1.165, 1.54) is 25.8 Å². The number of hydrogen-bond donors (Lipinski definition) is 1.